The zero-order chi connectivity index (χ0) is 18.1. The zero-order valence-corrected chi connectivity index (χ0v) is 12.9. The molecule has 1 aromatic rings. The van der Waals surface area contributed by atoms with Gasteiger partial charge in [0.05, 0.1) is 4.88 Å². The minimum Gasteiger partial charge on any atom is -0.369 e. The van der Waals surface area contributed by atoms with Crippen LogP contribution in [0.4, 0.5) is 31.5 Å². The van der Waals surface area contributed by atoms with Crippen molar-refractivity contribution in [2.45, 2.75) is 44.6 Å². The molecule has 0 fully saturated rings. The van der Waals surface area contributed by atoms with Gasteiger partial charge in [0.15, 0.2) is 5.13 Å². The van der Waals surface area contributed by atoms with Crippen LogP contribution in [-0.2, 0) is 10.4 Å². The van der Waals surface area contributed by atoms with Crippen molar-refractivity contribution in [1.82, 2.24) is 4.98 Å². The highest BCUT2D eigenvalue weighted by Gasteiger charge is 2.72. The molecule has 0 spiro atoms. The normalized spacial score (nSPS) is 13.3. The average Bonchev–Trinajstić information content (AvgIpc) is 2.84. The molecule has 4 nitrogen and oxygen atoms in total. The molecule has 1 rings (SSSR count). The summed E-state index contributed by atoms with van der Waals surface area (Å²) in [6.45, 7) is 3.03. The van der Waals surface area contributed by atoms with E-state index in [4.69, 9.17) is 0 Å². The lowest BCUT2D eigenvalue weighted by molar-refractivity contribution is -0.375. The molecule has 132 valence electrons. The van der Waals surface area contributed by atoms with Crippen LogP contribution >= 0.6 is 11.3 Å². The first kappa shape index (κ1) is 19.7. The number of aliphatic hydroxyl groups is 1. The summed E-state index contributed by atoms with van der Waals surface area (Å²) in [5.74, 6) is -0.568. The third kappa shape index (κ3) is 3.77. The number of hydrogen-bond donors (Lipinski definition) is 1. The Morgan fingerprint density at radius 2 is 1.78 bits per heavy atom. The van der Waals surface area contributed by atoms with E-state index in [-0.39, 0.29) is 23.0 Å². The van der Waals surface area contributed by atoms with E-state index in [0.29, 0.717) is 19.0 Å². The summed E-state index contributed by atoms with van der Waals surface area (Å²) in [6, 6.07) is 0. The number of alkyl halides is 6. The number of aromatic nitrogens is 1. The van der Waals surface area contributed by atoms with E-state index >= 15 is 0 Å². The standard InChI is InChI=1S/C12H14F6N2O2S/c1-3-4-5-20(7(2)21)9-19-6-8(23-9)10(22,11(13,14)15)12(16,17)18/h6,22H,3-5H2,1-2H3. The Morgan fingerprint density at radius 1 is 1.26 bits per heavy atom. The van der Waals surface area contributed by atoms with Crippen molar-refractivity contribution in [3.8, 4) is 0 Å². The van der Waals surface area contributed by atoms with Crippen LogP contribution in [0.1, 0.15) is 31.6 Å². The quantitative estimate of drug-likeness (QED) is 0.812. The van der Waals surface area contributed by atoms with Crippen LogP contribution < -0.4 is 4.90 Å². The van der Waals surface area contributed by atoms with Crippen molar-refractivity contribution in [3.63, 3.8) is 0 Å². The number of amides is 1. The molecule has 0 aromatic carbocycles. The molecule has 0 aliphatic heterocycles. The summed E-state index contributed by atoms with van der Waals surface area (Å²) in [5, 5.41) is 8.96. The van der Waals surface area contributed by atoms with Crippen LogP contribution in [0, 0.1) is 0 Å². The third-order valence-corrected chi connectivity index (χ3v) is 4.15. The fraction of sp³-hybridized carbons (Fsp3) is 0.667. The number of rotatable bonds is 5. The maximum absolute atomic E-state index is 12.8. The number of thiazole rings is 1. The van der Waals surface area contributed by atoms with Crippen molar-refractivity contribution in [2.24, 2.45) is 0 Å². The molecule has 11 heteroatoms. The highest BCUT2D eigenvalue weighted by Crippen LogP contribution is 2.52. The topological polar surface area (TPSA) is 53.4 Å². The van der Waals surface area contributed by atoms with Gasteiger partial charge in [-0.05, 0) is 6.42 Å². The van der Waals surface area contributed by atoms with E-state index in [9.17, 15) is 36.2 Å². The second-order valence-corrected chi connectivity index (χ2v) is 5.75. The second kappa shape index (κ2) is 6.63. The molecule has 0 radical (unpaired) electrons. The lowest BCUT2D eigenvalue weighted by Crippen LogP contribution is -2.53. The molecule has 23 heavy (non-hydrogen) atoms. The third-order valence-electron chi connectivity index (χ3n) is 3.02. The Bertz CT molecular complexity index is 540. The first-order valence-electron chi connectivity index (χ1n) is 6.46. The SMILES string of the molecule is CCCCN(C(C)=O)c1ncc(C(O)(C(F)(F)F)C(F)(F)F)s1. The Kier molecular flexibility index (Phi) is 5.68. The van der Waals surface area contributed by atoms with Gasteiger partial charge in [0.1, 0.15) is 0 Å². The largest absolute Gasteiger partial charge is 0.431 e. The van der Waals surface area contributed by atoms with Gasteiger partial charge in [-0.15, -0.1) is 0 Å². The summed E-state index contributed by atoms with van der Waals surface area (Å²) < 4.78 is 76.7. The van der Waals surface area contributed by atoms with Crippen LogP contribution in [0.5, 0.6) is 0 Å². The van der Waals surface area contributed by atoms with Gasteiger partial charge in [-0.25, -0.2) is 4.98 Å². The molecule has 0 saturated heterocycles. The minimum absolute atomic E-state index is 0.0156. The summed E-state index contributed by atoms with van der Waals surface area (Å²) in [5.41, 5.74) is -5.02. The molecule has 1 aromatic heterocycles. The summed E-state index contributed by atoms with van der Waals surface area (Å²) in [6.07, 6.45) is -10.5. The van der Waals surface area contributed by atoms with Gasteiger partial charge in [-0.3, -0.25) is 9.69 Å². The van der Waals surface area contributed by atoms with Gasteiger partial charge < -0.3 is 5.11 Å². The first-order chi connectivity index (χ1) is 10.4. The molecule has 1 heterocycles. The monoisotopic (exact) mass is 364 g/mol. The Labute approximate surface area is 131 Å². The molecule has 0 atom stereocenters. The van der Waals surface area contributed by atoms with E-state index in [1.54, 1.807) is 6.92 Å². The maximum atomic E-state index is 12.8. The lowest BCUT2D eigenvalue weighted by atomic mass is 10.0. The number of halogens is 6. The Hall–Kier alpha value is -1.36. The van der Waals surface area contributed by atoms with Gasteiger partial charge in [-0.2, -0.15) is 26.3 Å². The highest BCUT2D eigenvalue weighted by molar-refractivity contribution is 7.15. The molecule has 0 aliphatic rings. The molecule has 1 amide bonds. The number of nitrogens with zero attached hydrogens (tertiary/aromatic N) is 2. The molecular formula is C12H14F6N2O2S. The molecule has 0 saturated carbocycles. The number of hydrogen-bond acceptors (Lipinski definition) is 4. The van der Waals surface area contributed by atoms with Crippen LogP contribution in [-0.4, -0.2) is 34.9 Å². The smallest absolute Gasteiger partial charge is 0.369 e. The van der Waals surface area contributed by atoms with Crippen molar-refractivity contribution < 1.29 is 36.2 Å². The fourth-order valence-corrected chi connectivity index (χ4v) is 2.82. The van der Waals surface area contributed by atoms with E-state index < -0.39 is 28.7 Å². The maximum Gasteiger partial charge on any atom is 0.431 e. The minimum atomic E-state index is -5.97. The molecular weight excluding hydrogens is 350 g/mol. The van der Waals surface area contributed by atoms with Crippen molar-refractivity contribution in [2.75, 3.05) is 11.4 Å². The lowest BCUT2D eigenvalue weighted by Gasteiger charge is -2.30. The van der Waals surface area contributed by atoms with Crippen LogP contribution in [0.25, 0.3) is 0 Å². The zero-order valence-electron chi connectivity index (χ0n) is 12.1. The Balaban J connectivity index is 3.30. The number of unbranched alkanes of at least 4 members (excludes halogenated alkanes) is 1. The van der Waals surface area contributed by atoms with Crippen molar-refractivity contribution >= 4 is 22.4 Å². The fourth-order valence-electron chi connectivity index (χ4n) is 1.70. The van der Waals surface area contributed by atoms with E-state index in [1.165, 1.54) is 0 Å². The Morgan fingerprint density at radius 3 is 2.17 bits per heavy atom. The van der Waals surface area contributed by atoms with E-state index in [2.05, 4.69) is 4.98 Å². The van der Waals surface area contributed by atoms with E-state index in [1.807, 2.05) is 0 Å². The van der Waals surface area contributed by atoms with Crippen LogP contribution in [0.15, 0.2) is 6.20 Å². The van der Waals surface area contributed by atoms with Gasteiger partial charge >= 0.3 is 12.4 Å². The van der Waals surface area contributed by atoms with Gasteiger partial charge in [-0.1, -0.05) is 24.7 Å². The second-order valence-electron chi connectivity index (χ2n) is 4.74. The number of carbonyl (C=O) groups excluding carboxylic acids is 1. The number of anilines is 1. The molecule has 0 unspecified atom stereocenters. The molecule has 0 aliphatic carbocycles. The van der Waals surface area contributed by atoms with E-state index in [0.717, 1.165) is 11.8 Å². The molecule has 1 N–H and O–H groups in total. The average molecular weight is 364 g/mol. The van der Waals surface area contributed by atoms with Crippen LogP contribution in [0.2, 0.25) is 0 Å². The first-order valence-corrected chi connectivity index (χ1v) is 7.28. The molecule has 0 bridgehead atoms. The summed E-state index contributed by atoms with van der Waals surface area (Å²) in [4.78, 5) is 14.5. The highest BCUT2D eigenvalue weighted by atomic mass is 32.1. The predicted molar refractivity (Wildman–Crippen MR) is 71.1 cm³/mol. The van der Waals surface area contributed by atoms with Crippen LogP contribution in [0.3, 0.4) is 0 Å². The van der Waals surface area contributed by atoms with Gasteiger partial charge in [0.25, 0.3) is 5.60 Å². The van der Waals surface area contributed by atoms with Crippen molar-refractivity contribution in [1.29, 1.82) is 0 Å². The predicted octanol–water partition coefficient (Wildman–Crippen LogP) is 3.61. The van der Waals surface area contributed by atoms with Gasteiger partial charge in [0, 0.05) is 19.7 Å². The van der Waals surface area contributed by atoms with Crippen molar-refractivity contribution in [3.05, 3.63) is 11.1 Å². The number of carbonyl (C=O) groups is 1. The summed E-state index contributed by atoms with van der Waals surface area (Å²) >= 11 is -0.0156. The summed E-state index contributed by atoms with van der Waals surface area (Å²) in [7, 11) is 0. The van der Waals surface area contributed by atoms with Gasteiger partial charge in [0.2, 0.25) is 5.91 Å².